The SMILES string of the molecule is CCN1CCN(c2cc(C(=O)Nc3ccc(C)c(-n4cc(-c5cnn(C)c5C)nn4)c3)cc(C(F)(F)F)c2F)CC1. The molecule has 2 aromatic carbocycles. The van der Waals surface area contributed by atoms with Gasteiger partial charge in [0.15, 0.2) is 5.82 Å². The van der Waals surface area contributed by atoms with Crippen LogP contribution in [0.25, 0.3) is 16.9 Å². The van der Waals surface area contributed by atoms with Crippen LogP contribution in [0.1, 0.15) is 34.1 Å². The van der Waals surface area contributed by atoms with Gasteiger partial charge in [0.25, 0.3) is 5.91 Å². The van der Waals surface area contributed by atoms with Crippen LogP contribution in [0.2, 0.25) is 0 Å². The van der Waals surface area contributed by atoms with E-state index in [1.165, 1.54) is 6.07 Å². The molecule has 216 valence electrons. The van der Waals surface area contributed by atoms with Crippen molar-refractivity contribution < 1.29 is 22.4 Å². The van der Waals surface area contributed by atoms with E-state index in [0.717, 1.165) is 23.4 Å². The third-order valence-corrected chi connectivity index (χ3v) is 7.50. The molecule has 1 fully saturated rings. The number of halogens is 4. The van der Waals surface area contributed by atoms with Gasteiger partial charge < -0.3 is 15.1 Å². The third-order valence-electron chi connectivity index (χ3n) is 7.50. The lowest BCUT2D eigenvalue weighted by atomic mass is 10.1. The van der Waals surface area contributed by atoms with Crippen molar-refractivity contribution in [3.63, 3.8) is 0 Å². The first kappa shape index (κ1) is 28.3. The Bertz CT molecular complexity index is 1580. The quantitative estimate of drug-likeness (QED) is 0.334. The number of nitrogens with one attached hydrogen (secondary N) is 1. The monoisotopic (exact) mass is 570 g/mol. The van der Waals surface area contributed by atoms with Gasteiger partial charge in [-0.2, -0.15) is 18.3 Å². The molecule has 1 saturated heterocycles. The van der Waals surface area contributed by atoms with Crippen molar-refractivity contribution in [1.29, 1.82) is 0 Å². The molecule has 2 aromatic heterocycles. The van der Waals surface area contributed by atoms with Crippen LogP contribution in [-0.2, 0) is 13.2 Å². The maximum Gasteiger partial charge on any atom is 0.419 e. The van der Waals surface area contributed by atoms with E-state index in [0.29, 0.717) is 49.3 Å². The average molecular weight is 571 g/mol. The van der Waals surface area contributed by atoms with E-state index in [1.807, 2.05) is 27.8 Å². The van der Waals surface area contributed by atoms with Gasteiger partial charge in [0, 0.05) is 55.7 Å². The van der Waals surface area contributed by atoms with Gasteiger partial charge in [-0.3, -0.25) is 9.48 Å². The summed E-state index contributed by atoms with van der Waals surface area (Å²) in [5.41, 5.74) is 2.15. The molecule has 1 aliphatic rings. The number of alkyl halides is 3. The number of aromatic nitrogens is 5. The second-order valence-corrected chi connectivity index (χ2v) is 10.0. The maximum atomic E-state index is 15.1. The Balaban J connectivity index is 1.43. The van der Waals surface area contributed by atoms with E-state index in [1.54, 1.807) is 44.9 Å². The molecule has 4 aromatic rings. The summed E-state index contributed by atoms with van der Waals surface area (Å²) in [6.45, 7) is 8.44. The molecule has 9 nitrogen and oxygen atoms in total. The average Bonchev–Trinajstić information content (AvgIpc) is 3.55. The van der Waals surface area contributed by atoms with Gasteiger partial charge in [0.05, 0.1) is 29.3 Å². The number of nitrogens with zero attached hydrogens (tertiary/aromatic N) is 7. The smallest absolute Gasteiger partial charge is 0.367 e. The van der Waals surface area contributed by atoms with E-state index < -0.39 is 23.5 Å². The Kier molecular flexibility index (Phi) is 7.56. The normalized spacial score (nSPS) is 14.5. The summed E-state index contributed by atoms with van der Waals surface area (Å²) in [5.74, 6) is -2.16. The van der Waals surface area contributed by atoms with E-state index in [9.17, 15) is 18.0 Å². The Morgan fingerprint density at radius 3 is 2.41 bits per heavy atom. The second-order valence-electron chi connectivity index (χ2n) is 10.0. The summed E-state index contributed by atoms with van der Waals surface area (Å²) < 4.78 is 59.8. The molecular weight excluding hydrogens is 540 g/mol. The lowest BCUT2D eigenvalue weighted by molar-refractivity contribution is -0.139. The summed E-state index contributed by atoms with van der Waals surface area (Å²) in [4.78, 5) is 16.9. The molecule has 0 unspecified atom stereocenters. The number of amides is 1. The summed E-state index contributed by atoms with van der Waals surface area (Å²) in [5, 5.41) is 15.4. The Morgan fingerprint density at radius 1 is 1.05 bits per heavy atom. The van der Waals surface area contributed by atoms with Crippen molar-refractivity contribution in [1.82, 2.24) is 29.7 Å². The first-order chi connectivity index (χ1) is 19.5. The van der Waals surface area contributed by atoms with Crippen LogP contribution >= 0.6 is 0 Å². The number of piperazine rings is 1. The van der Waals surface area contributed by atoms with Gasteiger partial charge >= 0.3 is 6.18 Å². The fraction of sp³-hybridized carbons (Fsp3) is 0.357. The van der Waals surface area contributed by atoms with Gasteiger partial charge in [-0.15, -0.1) is 5.10 Å². The Hall–Kier alpha value is -4.26. The highest BCUT2D eigenvalue weighted by molar-refractivity contribution is 6.05. The lowest BCUT2D eigenvalue weighted by Crippen LogP contribution is -2.46. The molecule has 3 heterocycles. The number of hydrogen-bond donors (Lipinski definition) is 1. The molecular formula is C28H30F4N8O. The van der Waals surface area contributed by atoms with E-state index in [4.69, 9.17) is 0 Å². The number of carbonyl (C=O) groups is 1. The minimum atomic E-state index is -4.96. The van der Waals surface area contributed by atoms with Crippen molar-refractivity contribution in [2.24, 2.45) is 7.05 Å². The van der Waals surface area contributed by atoms with Gasteiger partial charge in [0.1, 0.15) is 5.69 Å². The van der Waals surface area contributed by atoms with Gasteiger partial charge in [-0.05, 0) is 50.2 Å². The molecule has 1 N–H and O–H groups in total. The van der Waals surface area contributed by atoms with Gasteiger partial charge in [-0.1, -0.05) is 18.2 Å². The van der Waals surface area contributed by atoms with Crippen molar-refractivity contribution >= 4 is 17.3 Å². The fourth-order valence-corrected chi connectivity index (χ4v) is 4.87. The van der Waals surface area contributed by atoms with E-state index in [2.05, 4.69) is 25.6 Å². The number of likely N-dealkylation sites (N-methyl/N-ethyl adjacent to an activating group) is 1. The molecule has 0 saturated carbocycles. The van der Waals surface area contributed by atoms with Crippen LogP contribution in [0.15, 0.2) is 42.7 Å². The zero-order valence-corrected chi connectivity index (χ0v) is 23.1. The Morgan fingerprint density at radius 2 is 1.78 bits per heavy atom. The molecule has 0 aliphatic carbocycles. The summed E-state index contributed by atoms with van der Waals surface area (Å²) in [6.07, 6.45) is -1.53. The lowest BCUT2D eigenvalue weighted by Gasteiger charge is -2.36. The highest BCUT2D eigenvalue weighted by atomic mass is 19.4. The summed E-state index contributed by atoms with van der Waals surface area (Å²) in [6, 6.07) is 6.80. The van der Waals surface area contributed by atoms with E-state index in [-0.39, 0.29) is 11.3 Å². The second kappa shape index (κ2) is 11.0. The Labute approximate surface area is 234 Å². The number of anilines is 2. The molecule has 5 rings (SSSR count). The highest BCUT2D eigenvalue weighted by Gasteiger charge is 2.37. The van der Waals surface area contributed by atoms with Crippen LogP contribution in [0, 0.1) is 19.7 Å². The molecule has 0 bridgehead atoms. The first-order valence-corrected chi connectivity index (χ1v) is 13.2. The number of rotatable bonds is 6. The van der Waals surface area contributed by atoms with Crippen molar-refractivity contribution in [2.45, 2.75) is 26.9 Å². The minimum Gasteiger partial charge on any atom is -0.367 e. The number of carbonyl (C=O) groups excluding carboxylic acids is 1. The van der Waals surface area contributed by atoms with Crippen LogP contribution < -0.4 is 10.2 Å². The molecule has 1 aliphatic heterocycles. The van der Waals surface area contributed by atoms with Crippen LogP contribution in [-0.4, -0.2) is 68.3 Å². The van der Waals surface area contributed by atoms with Gasteiger partial charge in [0.2, 0.25) is 0 Å². The predicted octanol–water partition coefficient (Wildman–Crippen LogP) is 4.84. The van der Waals surface area contributed by atoms with Crippen molar-refractivity contribution in [3.8, 4) is 16.9 Å². The fourth-order valence-electron chi connectivity index (χ4n) is 4.87. The van der Waals surface area contributed by atoms with E-state index >= 15 is 4.39 Å². The largest absolute Gasteiger partial charge is 0.419 e. The highest BCUT2D eigenvalue weighted by Crippen LogP contribution is 2.37. The zero-order valence-electron chi connectivity index (χ0n) is 23.1. The topological polar surface area (TPSA) is 84.1 Å². The molecule has 0 atom stereocenters. The first-order valence-electron chi connectivity index (χ1n) is 13.2. The standard InChI is InChI=1S/C28H30F4N8O/c1-5-38-8-10-39(11-9-38)25-13-19(12-22(26(25)29)28(30,31)32)27(41)34-20-7-6-17(2)24(14-20)40-16-23(35-36-40)21-15-33-37(4)18(21)3/h6-7,12-16H,5,8-11H2,1-4H3,(H,34,41). The maximum absolute atomic E-state index is 15.1. The zero-order chi connectivity index (χ0) is 29.5. The molecule has 0 spiro atoms. The molecule has 41 heavy (non-hydrogen) atoms. The van der Waals surface area contributed by atoms with Crippen molar-refractivity contribution in [3.05, 3.63) is 70.9 Å². The van der Waals surface area contributed by atoms with Gasteiger partial charge in [-0.25, -0.2) is 9.07 Å². The van der Waals surface area contributed by atoms with Crippen LogP contribution in [0.3, 0.4) is 0 Å². The number of hydrogen-bond acceptors (Lipinski definition) is 6. The molecule has 13 heteroatoms. The molecule has 1 amide bonds. The summed E-state index contributed by atoms with van der Waals surface area (Å²) in [7, 11) is 1.83. The van der Waals surface area contributed by atoms with Crippen LogP contribution in [0.5, 0.6) is 0 Å². The van der Waals surface area contributed by atoms with Crippen molar-refractivity contribution in [2.75, 3.05) is 42.9 Å². The molecule has 0 radical (unpaired) electrons. The predicted molar refractivity (Wildman–Crippen MR) is 147 cm³/mol. The number of aryl methyl sites for hydroxylation is 2. The van der Waals surface area contributed by atoms with Crippen LogP contribution in [0.4, 0.5) is 28.9 Å². The summed E-state index contributed by atoms with van der Waals surface area (Å²) >= 11 is 0. The minimum absolute atomic E-state index is 0.230. The number of benzene rings is 2. The third kappa shape index (κ3) is 5.67.